The lowest BCUT2D eigenvalue weighted by Gasteiger charge is -2.10. The number of hydrogen-bond acceptors (Lipinski definition) is 3. The smallest absolute Gasteiger partial charge is 0.434 e. The highest BCUT2D eigenvalue weighted by Crippen LogP contribution is 2.34. The Hall–Kier alpha value is -1.11. The summed E-state index contributed by atoms with van der Waals surface area (Å²) in [4.78, 5) is 14.5. The standard InChI is InChI=1S/C9H7BrF3NO2/c1-2-16-8(15)5-3-4-14-7(6(5)10)9(11,12)13/h3-4H,2H2,1H3. The van der Waals surface area contributed by atoms with Crippen LogP contribution in [0.3, 0.4) is 0 Å². The average molecular weight is 298 g/mol. The van der Waals surface area contributed by atoms with Gasteiger partial charge in [0.1, 0.15) is 0 Å². The van der Waals surface area contributed by atoms with Crippen LogP contribution in [-0.4, -0.2) is 17.6 Å². The molecule has 0 aliphatic rings. The van der Waals surface area contributed by atoms with Gasteiger partial charge in [-0.2, -0.15) is 13.2 Å². The molecule has 7 heteroatoms. The van der Waals surface area contributed by atoms with Crippen LogP contribution in [0.1, 0.15) is 23.0 Å². The second-order valence-corrected chi connectivity index (χ2v) is 3.53. The summed E-state index contributed by atoms with van der Waals surface area (Å²) in [6.45, 7) is 1.66. The molecule has 0 fully saturated rings. The predicted molar refractivity (Wildman–Crippen MR) is 52.9 cm³/mol. The molecule has 0 saturated heterocycles. The SMILES string of the molecule is CCOC(=O)c1ccnc(C(F)(F)F)c1Br. The van der Waals surface area contributed by atoms with Gasteiger partial charge in [0.15, 0.2) is 5.69 Å². The number of hydrogen-bond donors (Lipinski definition) is 0. The summed E-state index contributed by atoms with van der Waals surface area (Å²) in [5.41, 5.74) is -1.33. The van der Waals surface area contributed by atoms with Crippen LogP contribution in [0.2, 0.25) is 0 Å². The Balaban J connectivity index is 3.19. The predicted octanol–water partition coefficient (Wildman–Crippen LogP) is 3.04. The summed E-state index contributed by atoms with van der Waals surface area (Å²) >= 11 is 2.70. The van der Waals surface area contributed by atoms with E-state index in [2.05, 4.69) is 25.7 Å². The number of carbonyl (C=O) groups excluding carboxylic acids is 1. The van der Waals surface area contributed by atoms with E-state index in [4.69, 9.17) is 0 Å². The minimum Gasteiger partial charge on any atom is -0.462 e. The lowest BCUT2D eigenvalue weighted by molar-refractivity contribution is -0.141. The Morgan fingerprint density at radius 1 is 1.56 bits per heavy atom. The van der Waals surface area contributed by atoms with Gasteiger partial charge >= 0.3 is 12.1 Å². The molecule has 0 N–H and O–H groups in total. The third kappa shape index (κ3) is 2.72. The molecule has 0 radical (unpaired) electrons. The molecule has 0 bridgehead atoms. The first-order valence-electron chi connectivity index (χ1n) is 4.26. The zero-order valence-electron chi connectivity index (χ0n) is 8.14. The van der Waals surface area contributed by atoms with Gasteiger partial charge < -0.3 is 4.74 Å². The minimum atomic E-state index is -4.61. The topological polar surface area (TPSA) is 39.2 Å². The Morgan fingerprint density at radius 2 is 2.19 bits per heavy atom. The molecule has 1 rings (SSSR count). The van der Waals surface area contributed by atoms with Crippen molar-refractivity contribution >= 4 is 21.9 Å². The summed E-state index contributed by atoms with van der Waals surface area (Å²) in [7, 11) is 0. The average Bonchev–Trinajstić information content (AvgIpc) is 2.16. The van der Waals surface area contributed by atoms with E-state index in [0.717, 1.165) is 12.3 Å². The summed E-state index contributed by atoms with van der Waals surface area (Å²) < 4.78 is 41.5. The third-order valence-electron chi connectivity index (χ3n) is 1.65. The monoisotopic (exact) mass is 297 g/mol. The van der Waals surface area contributed by atoms with E-state index in [0.29, 0.717) is 0 Å². The van der Waals surface area contributed by atoms with Crippen LogP contribution >= 0.6 is 15.9 Å². The van der Waals surface area contributed by atoms with Crippen LogP contribution in [0.25, 0.3) is 0 Å². The number of halogens is 4. The highest BCUT2D eigenvalue weighted by Gasteiger charge is 2.36. The molecule has 0 aromatic carbocycles. The maximum Gasteiger partial charge on any atom is 0.434 e. The van der Waals surface area contributed by atoms with E-state index >= 15 is 0 Å². The second kappa shape index (κ2) is 4.82. The Labute approximate surface area is 97.8 Å². The number of nitrogens with zero attached hydrogens (tertiary/aromatic N) is 1. The summed E-state index contributed by atoms with van der Waals surface area (Å²) in [6.07, 6.45) is -3.69. The lowest BCUT2D eigenvalue weighted by atomic mass is 10.2. The molecule has 1 heterocycles. The first-order valence-corrected chi connectivity index (χ1v) is 5.06. The number of esters is 1. The molecule has 0 atom stereocenters. The highest BCUT2D eigenvalue weighted by molar-refractivity contribution is 9.10. The van der Waals surface area contributed by atoms with Crippen LogP contribution in [0.5, 0.6) is 0 Å². The van der Waals surface area contributed by atoms with Gasteiger partial charge in [0, 0.05) is 6.20 Å². The molecule has 0 unspecified atom stereocenters. The van der Waals surface area contributed by atoms with Gasteiger partial charge in [-0.3, -0.25) is 4.98 Å². The first-order chi connectivity index (χ1) is 7.38. The fourth-order valence-corrected chi connectivity index (χ4v) is 1.63. The highest BCUT2D eigenvalue weighted by atomic mass is 79.9. The van der Waals surface area contributed by atoms with E-state index in [1.165, 1.54) is 0 Å². The van der Waals surface area contributed by atoms with Crippen molar-refractivity contribution in [2.45, 2.75) is 13.1 Å². The number of alkyl halides is 3. The van der Waals surface area contributed by atoms with E-state index in [9.17, 15) is 18.0 Å². The molecular formula is C9H7BrF3NO2. The zero-order valence-corrected chi connectivity index (χ0v) is 9.72. The maximum atomic E-state index is 12.4. The number of aromatic nitrogens is 1. The van der Waals surface area contributed by atoms with Crippen molar-refractivity contribution in [1.82, 2.24) is 4.98 Å². The summed E-state index contributed by atoms with van der Waals surface area (Å²) in [5.74, 6) is -0.817. The van der Waals surface area contributed by atoms with Gasteiger partial charge in [0.2, 0.25) is 0 Å². The van der Waals surface area contributed by atoms with Gasteiger partial charge in [0.25, 0.3) is 0 Å². The van der Waals surface area contributed by atoms with Crippen molar-refractivity contribution < 1.29 is 22.7 Å². The Morgan fingerprint density at radius 3 is 2.69 bits per heavy atom. The minimum absolute atomic E-state index is 0.0922. The van der Waals surface area contributed by atoms with E-state index in [1.807, 2.05) is 0 Å². The third-order valence-corrected chi connectivity index (χ3v) is 2.46. The van der Waals surface area contributed by atoms with Crippen molar-refractivity contribution in [3.8, 4) is 0 Å². The Bertz CT molecular complexity index is 406. The number of ether oxygens (including phenoxy) is 1. The molecule has 3 nitrogen and oxygen atoms in total. The van der Waals surface area contributed by atoms with Crippen molar-refractivity contribution in [2.75, 3.05) is 6.61 Å². The molecule has 0 aliphatic heterocycles. The molecule has 0 amide bonds. The molecule has 88 valence electrons. The van der Waals surface area contributed by atoms with Crippen molar-refractivity contribution in [3.05, 3.63) is 28.0 Å². The van der Waals surface area contributed by atoms with Gasteiger partial charge in [-0.15, -0.1) is 0 Å². The molecule has 16 heavy (non-hydrogen) atoms. The van der Waals surface area contributed by atoms with E-state index in [1.54, 1.807) is 6.92 Å². The molecular weight excluding hydrogens is 291 g/mol. The summed E-state index contributed by atoms with van der Waals surface area (Å²) in [5, 5.41) is 0. The maximum absolute atomic E-state index is 12.4. The fourth-order valence-electron chi connectivity index (χ4n) is 1.01. The van der Waals surface area contributed by atoms with Gasteiger partial charge in [-0.05, 0) is 28.9 Å². The zero-order chi connectivity index (χ0) is 12.3. The fraction of sp³-hybridized carbons (Fsp3) is 0.333. The largest absolute Gasteiger partial charge is 0.462 e. The normalized spacial score (nSPS) is 11.3. The van der Waals surface area contributed by atoms with E-state index in [-0.39, 0.29) is 12.2 Å². The van der Waals surface area contributed by atoms with Crippen molar-refractivity contribution in [2.24, 2.45) is 0 Å². The summed E-state index contributed by atoms with van der Waals surface area (Å²) in [6, 6.07) is 1.16. The quantitative estimate of drug-likeness (QED) is 0.788. The Kier molecular flexibility index (Phi) is 3.90. The second-order valence-electron chi connectivity index (χ2n) is 2.74. The van der Waals surface area contributed by atoms with E-state index < -0.39 is 22.3 Å². The van der Waals surface area contributed by atoms with Crippen molar-refractivity contribution in [3.63, 3.8) is 0 Å². The molecule has 0 saturated carbocycles. The van der Waals surface area contributed by atoms with Crippen LogP contribution in [0.15, 0.2) is 16.7 Å². The van der Waals surface area contributed by atoms with Crippen LogP contribution in [0, 0.1) is 0 Å². The van der Waals surface area contributed by atoms with Crippen LogP contribution < -0.4 is 0 Å². The van der Waals surface area contributed by atoms with Crippen LogP contribution in [-0.2, 0) is 10.9 Å². The molecule has 1 aromatic heterocycles. The number of carbonyl (C=O) groups is 1. The van der Waals surface area contributed by atoms with Crippen LogP contribution in [0.4, 0.5) is 13.2 Å². The number of rotatable bonds is 2. The number of pyridine rings is 1. The molecule has 0 spiro atoms. The van der Waals surface area contributed by atoms with Gasteiger partial charge in [-0.25, -0.2) is 4.79 Å². The van der Waals surface area contributed by atoms with Gasteiger partial charge in [0.05, 0.1) is 16.6 Å². The molecule has 0 aliphatic carbocycles. The lowest BCUT2D eigenvalue weighted by Crippen LogP contribution is -2.13. The van der Waals surface area contributed by atoms with Gasteiger partial charge in [-0.1, -0.05) is 0 Å². The van der Waals surface area contributed by atoms with Crippen molar-refractivity contribution in [1.29, 1.82) is 0 Å². The first kappa shape index (κ1) is 13.0. The molecule has 1 aromatic rings.